The van der Waals surface area contributed by atoms with Gasteiger partial charge >= 0.3 is 6.03 Å². The normalized spacial score (nSPS) is 11.6. The third kappa shape index (κ3) is 5.98. The van der Waals surface area contributed by atoms with E-state index in [4.69, 9.17) is 0 Å². The smallest absolute Gasteiger partial charge is 0.319 e. The van der Waals surface area contributed by atoms with Crippen LogP contribution in [0.2, 0.25) is 0 Å². The number of nitrogens with zero attached hydrogens (tertiary/aromatic N) is 1. The largest absolute Gasteiger partial charge is 0.334 e. The second-order valence-corrected chi connectivity index (χ2v) is 8.01. The average molecular weight is 459 g/mol. The molecule has 0 aliphatic heterocycles. The summed E-state index contributed by atoms with van der Waals surface area (Å²) in [5.41, 5.74) is 2.57. The quantitative estimate of drug-likeness (QED) is 0.500. The molecule has 0 saturated carbocycles. The fourth-order valence-electron chi connectivity index (χ4n) is 2.39. The Morgan fingerprint density at radius 3 is 2.46 bits per heavy atom. The lowest BCUT2D eigenvalue weighted by atomic mass is 10.2. The van der Waals surface area contributed by atoms with Gasteiger partial charge in [-0.05, 0) is 57.4 Å². The Labute approximate surface area is 174 Å². The second kappa shape index (κ2) is 10.1. The van der Waals surface area contributed by atoms with Crippen LogP contribution < -0.4 is 15.4 Å². The second-order valence-electron chi connectivity index (χ2n) is 5.89. The molecule has 3 rings (SSSR count). The minimum absolute atomic E-state index is 0.287. The van der Waals surface area contributed by atoms with Gasteiger partial charge in [-0.3, -0.25) is 4.98 Å². The Bertz CT molecular complexity index is 952. The van der Waals surface area contributed by atoms with Crippen LogP contribution in [0.15, 0.2) is 82.4 Å². The number of pyridine rings is 1. The van der Waals surface area contributed by atoms with Crippen molar-refractivity contribution in [2.75, 3.05) is 5.32 Å². The minimum atomic E-state index is -1.31. The van der Waals surface area contributed by atoms with Crippen LogP contribution in [0.3, 0.4) is 0 Å². The molecule has 0 aliphatic carbocycles. The number of hydrogen-bond acceptors (Lipinski definition) is 3. The van der Waals surface area contributed by atoms with E-state index >= 15 is 0 Å². The first-order valence-corrected chi connectivity index (χ1v) is 10.5. The van der Waals surface area contributed by atoms with Gasteiger partial charge in [-0.15, -0.1) is 0 Å². The topological polar surface area (TPSA) is 83.1 Å². The Morgan fingerprint density at radius 1 is 0.964 bits per heavy atom. The van der Waals surface area contributed by atoms with Gasteiger partial charge in [0, 0.05) is 35.6 Å². The Kier molecular flexibility index (Phi) is 7.30. The van der Waals surface area contributed by atoms with Gasteiger partial charge in [-0.1, -0.05) is 30.3 Å². The van der Waals surface area contributed by atoms with Crippen molar-refractivity contribution in [1.29, 1.82) is 0 Å². The molecule has 0 saturated heterocycles. The van der Waals surface area contributed by atoms with Gasteiger partial charge in [0.25, 0.3) is 0 Å². The zero-order valence-corrected chi connectivity index (χ0v) is 17.3. The van der Waals surface area contributed by atoms with E-state index in [9.17, 15) is 9.00 Å². The van der Waals surface area contributed by atoms with Gasteiger partial charge in [0.15, 0.2) is 0 Å². The third-order valence-corrected chi connectivity index (χ3v) is 5.95. The molecule has 28 heavy (non-hydrogen) atoms. The summed E-state index contributed by atoms with van der Waals surface area (Å²) in [5, 5.41) is 5.56. The molecule has 144 valence electrons. The van der Waals surface area contributed by atoms with Crippen LogP contribution in [0.4, 0.5) is 10.5 Å². The molecule has 0 radical (unpaired) electrons. The molecule has 1 unspecified atom stereocenters. The summed E-state index contributed by atoms with van der Waals surface area (Å²) in [6.45, 7) is 0.851. The molecular weight excluding hydrogens is 440 g/mol. The zero-order chi connectivity index (χ0) is 19.8. The summed E-state index contributed by atoms with van der Waals surface area (Å²) >= 11 is 3.40. The maximum absolute atomic E-state index is 12.3. The zero-order valence-electron chi connectivity index (χ0n) is 14.9. The Morgan fingerprint density at radius 2 is 1.75 bits per heavy atom. The monoisotopic (exact) mass is 458 g/mol. The molecule has 2 amide bonds. The molecule has 1 atom stereocenters. The van der Waals surface area contributed by atoms with Gasteiger partial charge in [0.1, 0.15) is 11.0 Å². The first-order valence-electron chi connectivity index (χ1n) is 8.54. The summed E-state index contributed by atoms with van der Waals surface area (Å²) in [6.07, 6.45) is 3.40. The maximum Gasteiger partial charge on any atom is 0.319 e. The van der Waals surface area contributed by atoms with Gasteiger partial charge in [-0.25, -0.2) is 13.7 Å². The molecule has 6 nitrogen and oxygen atoms in total. The Balaban J connectivity index is 1.47. The SMILES string of the molecule is O=C(NCc1cccnc1)Nc1ccc(CNS(=O)c2ccccc2Br)cc1. The predicted octanol–water partition coefficient (Wildman–Crippen LogP) is 3.98. The standard InChI is InChI=1S/C20H19BrN4O2S/c21-18-5-1-2-6-19(18)28(27)24-14-15-7-9-17(10-8-15)25-20(26)23-13-16-4-3-11-22-12-16/h1-12,24H,13-14H2,(H2,23,25,26). The van der Waals surface area contributed by atoms with E-state index in [1.807, 2.05) is 60.7 Å². The van der Waals surface area contributed by atoms with E-state index in [0.29, 0.717) is 23.7 Å². The molecule has 0 bridgehead atoms. The summed E-state index contributed by atoms with van der Waals surface area (Å²) in [5.74, 6) is 0. The highest BCUT2D eigenvalue weighted by Crippen LogP contribution is 2.19. The van der Waals surface area contributed by atoms with Crippen molar-refractivity contribution in [2.24, 2.45) is 0 Å². The molecule has 1 heterocycles. The van der Waals surface area contributed by atoms with E-state index in [-0.39, 0.29) is 6.03 Å². The van der Waals surface area contributed by atoms with Crippen LogP contribution in [0.1, 0.15) is 11.1 Å². The predicted molar refractivity (Wildman–Crippen MR) is 114 cm³/mol. The molecule has 8 heteroatoms. The fourth-order valence-corrected chi connectivity index (χ4v) is 4.01. The number of halogens is 1. The van der Waals surface area contributed by atoms with Gasteiger partial charge in [0.2, 0.25) is 0 Å². The van der Waals surface area contributed by atoms with Crippen molar-refractivity contribution < 1.29 is 9.00 Å². The molecule has 3 N–H and O–H groups in total. The van der Waals surface area contributed by atoms with Crippen molar-refractivity contribution in [3.05, 3.63) is 88.7 Å². The van der Waals surface area contributed by atoms with Crippen LogP contribution >= 0.6 is 15.9 Å². The highest BCUT2D eigenvalue weighted by atomic mass is 79.9. The highest BCUT2D eigenvalue weighted by molar-refractivity contribution is 9.10. The number of hydrogen-bond donors (Lipinski definition) is 3. The average Bonchev–Trinajstić information content (AvgIpc) is 2.72. The number of rotatable bonds is 7. The number of anilines is 1. The summed E-state index contributed by atoms with van der Waals surface area (Å²) in [4.78, 5) is 16.7. The van der Waals surface area contributed by atoms with Crippen molar-refractivity contribution >= 4 is 38.6 Å². The van der Waals surface area contributed by atoms with Crippen LogP contribution in [0.25, 0.3) is 0 Å². The molecule has 3 aromatic rings. The highest BCUT2D eigenvalue weighted by Gasteiger charge is 2.07. The summed E-state index contributed by atoms with van der Waals surface area (Å²) in [6, 6.07) is 18.2. The molecule has 0 fully saturated rings. The first kappa shape index (κ1) is 20.2. The molecule has 0 spiro atoms. The number of amides is 2. The molecule has 2 aromatic carbocycles. The van der Waals surface area contributed by atoms with Crippen LogP contribution in [-0.4, -0.2) is 15.2 Å². The van der Waals surface area contributed by atoms with E-state index in [0.717, 1.165) is 15.6 Å². The lowest BCUT2D eigenvalue weighted by Gasteiger charge is -2.09. The number of carbonyl (C=O) groups excluding carboxylic acids is 1. The van der Waals surface area contributed by atoms with Gasteiger partial charge < -0.3 is 10.6 Å². The maximum atomic E-state index is 12.3. The lowest BCUT2D eigenvalue weighted by Crippen LogP contribution is -2.28. The molecule has 0 aliphatic rings. The van der Waals surface area contributed by atoms with Crippen molar-refractivity contribution in [3.63, 3.8) is 0 Å². The van der Waals surface area contributed by atoms with Crippen molar-refractivity contribution in [2.45, 2.75) is 18.0 Å². The minimum Gasteiger partial charge on any atom is -0.334 e. The summed E-state index contributed by atoms with van der Waals surface area (Å²) < 4.78 is 16.1. The van der Waals surface area contributed by atoms with Crippen molar-refractivity contribution in [1.82, 2.24) is 15.0 Å². The van der Waals surface area contributed by atoms with Crippen LogP contribution in [0, 0.1) is 0 Å². The van der Waals surface area contributed by atoms with Crippen molar-refractivity contribution in [3.8, 4) is 0 Å². The number of urea groups is 1. The van der Waals surface area contributed by atoms with Gasteiger partial charge in [-0.2, -0.15) is 0 Å². The third-order valence-electron chi connectivity index (χ3n) is 3.83. The Hall–Kier alpha value is -2.55. The number of benzene rings is 2. The van der Waals surface area contributed by atoms with Crippen LogP contribution in [0.5, 0.6) is 0 Å². The van der Waals surface area contributed by atoms with E-state index in [1.54, 1.807) is 12.4 Å². The van der Waals surface area contributed by atoms with Gasteiger partial charge in [0.05, 0.1) is 4.90 Å². The number of nitrogens with one attached hydrogen (secondary N) is 3. The first-order chi connectivity index (χ1) is 13.6. The fraction of sp³-hybridized carbons (Fsp3) is 0.100. The number of aromatic nitrogens is 1. The van der Waals surface area contributed by atoms with E-state index in [1.165, 1.54) is 0 Å². The van der Waals surface area contributed by atoms with E-state index in [2.05, 4.69) is 36.3 Å². The molecule has 1 aromatic heterocycles. The summed E-state index contributed by atoms with van der Waals surface area (Å²) in [7, 11) is -1.31. The van der Waals surface area contributed by atoms with E-state index < -0.39 is 11.0 Å². The lowest BCUT2D eigenvalue weighted by molar-refractivity contribution is 0.251. The van der Waals surface area contributed by atoms with Crippen LogP contribution in [-0.2, 0) is 24.1 Å². The number of carbonyl (C=O) groups is 1. The molecular formula is C20H19BrN4O2S.